The van der Waals surface area contributed by atoms with Crippen molar-refractivity contribution in [3.8, 4) is 5.75 Å². The summed E-state index contributed by atoms with van der Waals surface area (Å²) < 4.78 is 5.28. The summed E-state index contributed by atoms with van der Waals surface area (Å²) in [4.78, 5) is 45.8. The highest BCUT2D eigenvalue weighted by Crippen LogP contribution is 2.32. The molecule has 0 aromatic heterocycles. The van der Waals surface area contributed by atoms with Gasteiger partial charge < -0.3 is 30.1 Å². The molecule has 0 radical (unpaired) electrons. The van der Waals surface area contributed by atoms with Gasteiger partial charge in [0.05, 0.1) is 18.5 Å². The summed E-state index contributed by atoms with van der Waals surface area (Å²) in [6.07, 6.45) is 6.08. The average Bonchev–Trinajstić information content (AvgIpc) is 3.31. The first-order valence-electron chi connectivity index (χ1n) is 14.7. The molecule has 40 heavy (non-hydrogen) atoms. The quantitative estimate of drug-likeness (QED) is 0.574. The number of amides is 3. The van der Waals surface area contributed by atoms with Crippen LogP contribution in [0.3, 0.4) is 0 Å². The number of rotatable bonds is 6. The zero-order valence-corrected chi connectivity index (χ0v) is 23.5. The van der Waals surface area contributed by atoms with Crippen molar-refractivity contribution in [2.45, 2.75) is 38.5 Å². The van der Waals surface area contributed by atoms with Gasteiger partial charge >= 0.3 is 0 Å². The molecule has 1 saturated carbocycles. The molecule has 3 fully saturated rings. The SMILES string of the molecule is COc1cccc(C(=O)N2CCN(c3ccc(C(=O)N4CCCNCC4)cc3NC(=O)C3CCCCC3)CC2)c1. The number of nitrogens with one attached hydrogen (secondary N) is 2. The van der Waals surface area contributed by atoms with Crippen molar-refractivity contribution in [2.75, 3.05) is 69.7 Å². The fourth-order valence-electron chi connectivity index (χ4n) is 5.97. The summed E-state index contributed by atoms with van der Waals surface area (Å²) in [5.41, 5.74) is 2.78. The summed E-state index contributed by atoms with van der Waals surface area (Å²) in [5, 5.41) is 6.55. The second-order valence-electron chi connectivity index (χ2n) is 11.0. The molecule has 1 aliphatic carbocycles. The van der Waals surface area contributed by atoms with Crippen LogP contribution in [0.25, 0.3) is 0 Å². The highest BCUT2D eigenvalue weighted by molar-refractivity contribution is 6.01. The van der Waals surface area contributed by atoms with Crippen LogP contribution in [-0.2, 0) is 4.79 Å². The van der Waals surface area contributed by atoms with Crippen molar-refractivity contribution >= 4 is 29.1 Å². The monoisotopic (exact) mass is 547 g/mol. The minimum absolute atomic E-state index is 0.00267. The Bertz CT molecular complexity index is 1200. The van der Waals surface area contributed by atoms with Crippen molar-refractivity contribution in [1.29, 1.82) is 0 Å². The smallest absolute Gasteiger partial charge is 0.254 e. The van der Waals surface area contributed by atoms with Gasteiger partial charge in [0.2, 0.25) is 5.91 Å². The van der Waals surface area contributed by atoms with Gasteiger partial charge in [-0.15, -0.1) is 0 Å². The van der Waals surface area contributed by atoms with E-state index in [-0.39, 0.29) is 23.6 Å². The first kappa shape index (κ1) is 28.0. The number of nitrogens with zero attached hydrogens (tertiary/aromatic N) is 3. The van der Waals surface area contributed by atoms with E-state index < -0.39 is 0 Å². The van der Waals surface area contributed by atoms with Crippen molar-refractivity contribution in [2.24, 2.45) is 5.92 Å². The van der Waals surface area contributed by atoms with Crippen LogP contribution >= 0.6 is 0 Å². The third-order valence-corrected chi connectivity index (χ3v) is 8.33. The number of hydrogen-bond donors (Lipinski definition) is 2. The fourth-order valence-corrected chi connectivity index (χ4v) is 5.97. The van der Waals surface area contributed by atoms with Gasteiger partial charge in [0.15, 0.2) is 0 Å². The maximum absolute atomic E-state index is 13.4. The second-order valence-corrected chi connectivity index (χ2v) is 11.0. The maximum atomic E-state index is 13.4. The van der Waals surface area contributed by atoms with Crippen molar-refractivity contribution in [3.63, 3.8) is 0 Å². The van der Waals surface area contributed by atoms with Gasteiger partial charge in [0, 0.05) is 62.9 Å². The molecule has 2 N–H and O–H groups in total. The number of carbonyl (C=O) groups is 3. The van der Waals surface area contributed by atoms with Crippen LogP contribution < -0.4 is 20.3 Å². The van der Waals surface area contributed by atoms with Gasteiger partial charge in [-0.25, -0.2) is 0 Å². The summed E-state index contributed by atoms with van der Waals surface area (Å²) in [6, 6.07) is 12.9. The van der Waals surface area contributed by atoms with Crippen LogP contribution in [0.15, 0.2) is 42.5 Å². The molecule has 9 nitrogen and oxygen atoms in total. The van der Waals surface area contributed by atoms with Gasteiger partial charge in [-0.3, -0.25) is 14.4 Å². The molecule has 2 aromatic rings. The molecule has 2 saturated heterocycles. The lowest BCUT2D eigenvalue weighted by Crippen LogP contribution is -2.49. The lowest BCUT2D eigenvalue weighted by atomic mass is 9.88. The van der Waals surface area contributed by atoms with E-state index in [1.54, 1.807) is 13.2 Å². The zero-order chi connectivity index (χ0) is 27.9. The van der Waals surface area contributed by atoms with Gasteiger partial charge in [-0.05, 0) is 62.2 Å². The Morgan fingerprint density at radius 2 is 1.52 bits per heavy atom. The Balaban J connectivity index is 1.33. The molecule has 9 heteroatoms. The predicted molar refractivity (Wildman–Crippen MR) is 156 cm³/mol. The zero-order valence-electron chi connectivity index (χ0n) is 23.5. The number of anilines is 2. The Kier molecular flexibility index (Phi) is 9.21. The number of methoxy groups -OCH3 is 1. The summed E-state index contributed by atoms with van der Waals surface area (Å²) in [5.74, 6) is 0.689. The van der Waals surface area contributed by atoms with E-state index in [1.807, 2.05) is 46.2 Å². The van der Waals surface area contributed by atoms with E-state index in [1.165, 1.54) is 6.42 Å². The fraction of sp³-hybridized carbons (Fsp3) is 0.516. The third-order valence-electron chi connectivity index (χ3n) is 8.33. The maximum Gasteiger partial charge on any atom is 0.254 e. The predicted octanol–water partition coefficient (Wildman–Crippen LogP) is 3.61. The van der Waals surface area contributed by atoms with Crippen molar-refractivity contribution in [1.82, 2.24) is 15.1 Å². The van der Waals surface area contributed by atoms with Crippen molar-refractivity contribution in [3.05, 3.63) is 53.6 Å². The van der Waals surface area contributed by atoms with E-state index in [0.717, 1.165) is 57.4 Å². The minimum atomic E-state index is -0.0164. The molecule has 0 spiro atoms. The molecule has 3 aliphatic rings. The van der Waals surface area contributed by atoms with Crippen LogP contribution in [0, 0.1) is 5.92 Å². The molecule has 2 heterocycles. The Hall–Kier alpha value is -3.59. The molecule has 0 bridgehead atoms. The van der Waals surface area contributed by atoms with E-state index in [4.69, 9.17) is 4.74 Å². The lowest BCUT2D eigenvalue weighted by molar-refractivity contribution is -0.120. The molecule has 0 atom stereocenters. The summed E-state index contributed by atoms with van der Waals surface area (Å²) >= 11 is 0. The topological polar surface area (TPSA) is 94.2 Å². The van der Waals surface area contributed by atoms with Crippen molar-refractivity contribution < 1.29 is 19.1 Å². The number of benzene rings is 2. The molecular formula is C31H41N5O4. The Labute approximate surface area is 236 Å². The highest BCUT2D eigenvalue weighted by Gasteiger charge is 2.27. The van der Waals surface area contributed by atoms with E-state index in [0.29, 0.717) is 55.3 Å². The Morgan fingerprint density at radius 1 is 0.800 bits per heavy atom. The van der Waals surface area contributed by atoms with E-state index in [2.05, 4.69) is 15.5 Å². The van der Waals surface area contributed by atoms with Gasteiger partial charge in [-0.2, -0.15) is 0 Å². The minimum Gasteiger partial charge on any atom is -0.497 e. The normalized spacial score (nSPS) is 18.7. The van der Waals surface area contributed by atoms with Gasteiger partial charge in [0.25, 0.3) is 11.8 Å². The van der Waals surface area contributed by atoms with Gasteiger partial charge in [-0.1, -0.05) is 25.3 Å². The molecule has 2 aliphatic heterocycles. The standard InChI is InChI=1S/C31H41N5O4/c1-40-26-10-5-9-24(21-26)30(38)36-19-17-34(18-20-36)28-12-11-25(31(39)35-15-6-13-32-14-16-35)22-27(28)33-29(37)23-7-3-2-4-8-23/h5,9-12,21-23,32H,2-4,6-8,13-20H2,1H3,(H,33,37). The largest absolute Gasteiger partial charge is 0.497 e. The van der Waals surface area contributed by atoms with Crippen LogP contribution in [-0.4, -0.2) is 87.0 Å². The third kappa shape index (κ3) is 6.58. The number of piperazine rings is 1. The number of ether oxygens (including phenoxy) is 1. The lowest BCUT2D eigenvalue weighted by Gasteiger charge is -2.37. The molecular weight excluding hydrogens is 506 g/mol. The molecule has 0 unspecified atom stereocenters. The van der Waals surface area contributed by atoms with E-state index >= 15 is 0 Å². The van der Waals surface area contributed by atoms with Crippen LogP contribution in [0.5, 0.6) is 5.75 Å². The number of hydrogen-bond acceptors (Lipinski definition) is 6. The second kappa shape index (κ2) is 13.2. The molecule has 214 valence electrons. The first-order chi connectivity index (χ1) is 19.5. The Morgan fingerprint density at radius 3 is 2.27 bits per heavy atom. The number of carbonyl (C=O) groups excluding carboxylic acids is 3. The first-order valence-corrected chi connectivity index (χ1v) is 14.7. The highest BCUT2D eigenvalue weighted by atomic mass is 16.5. The molecule has 5 rings (SSSR count). The summed E-state index contributed by atoms with van der Waals surface area (Å²) in [7, 11) is 1.59. The molecule has 3 amide bonds. The average molecular weight is 548 g/mol. The molecule has 2 aromatic carbocycles. The van der Waals surface area contributed by atoms with Gasteiger partial charge in [0.1, 0.15) is 5.75 Å². The van der Waals surface area contributed by atoms with E-state index in [9.17, 15) is 14.4 Å². The van der Waals surface area contributed by atoms with Crippen LogP contribution in [0.1, 0.15) is 59.2 Å². The van der Waals surface area contributed by atoms with Crippen LogP contribution in [0.2, 0.25) is 0 Å². The van der Waals surface area contributed by atoms with Crippen LogP contribution in [0.4, 0.5) is 11.4 Å². The summed E-state index contributed by atoms with van der Waals surface area (Å²) in [6.45, 7) is 5.49.